The second kappa shape index (κ2) is 8.58. The Kier molecular flexibility index (Phi) is 7.31. The number of benzene rings is 1. The summed E-state index contributed by atoms with van der Waals surface area (Å²) in [4.78, 5) is 21.7. The maximum absolute atomic E-state index is 11.4. The molecule has 1 unspecified atom stereocenters. The fourth-order valence-corrected chi connectivity index (χ4v) is 3.65. The molecule has 0 radical (unpaired) electrons. The largest absolute Gasteiger partial charge is 0.481 e. The summed E-state index contributed by atoms with van der Waals surface area (Å²) in [6.45, 7) is 10.6. The zero-order valence-electron chi connectivity index (χ0n) is 15.7. The van der Waals surface area contributed by atoms with Crippen LogP contribution in [0.4, 0.5) is 5.69 Å². The molecule has 0 saturated carbocycles. The van der Waals surface area contributed by atoms with E-state index in [0.29, 0.717) is 24.8 Å². The van der Waals surface area contributed by atoms with Crippen molar-refractivity contribution in [3.63, 3.8) is 0 Å². The quantitative estimate of drug-likeness (QED) is 0.277. The molecule has 0 aliphatic heterocycles. The van der Waals surface area contributed by atoms with Gasteiger partial charge in [0.05, 0.1) is 16.6 Å². The first-order valence-corrected chi connectivity index (χ1v) is 11.5. The Morgan fingerprint density at radius 3 is 2.40 bits per heavy atom. The second-order valence-corrected chi connectivity index (χ2v) is 12.6. The Hall–Kier alpha value is -1.73. The van der Waals surface area contributed by atoms with E-state index >= 15 is 0 Å². The maximum atomic E-state index is 11.4. The summed E-state index contributed by atoms with van der Waals surface area (Å²) < 4.78 is 6.47. The fraction of sp³-hybridized carbons (Fsp3) is 0.611. The van der Waals surface area contributed by atoms with Gasteiger partial charge in [0.1, 0.15) is 0 Å². The van der Waals surface area contributed by atoms with Gasteiger partial charge in [0.15, 0.2) is 8.32 Å². The molecule has 0 aromatic heterocycles. The van der Waals surface area contributed by atoms with Gasteiger partial charge in [-0.1, -0.05) is 32.9 Å². The third kappa shape index (κ3) is 6.25. The van der Waals surface area contributed by atoms with Gasteiger partial charge >= 0.3 is 5.97 Å². The van der Waals surface area contributed by atoms with Crippen LogP contribution in [0.3, 0.4) is 0 Å². The molecule has 7 heteroatoms. The molecule has 0 amide bonds. The standard InChI is InChI=1S/C18H29NO5Si/c1-18(2,3)25(4,5)24-16(12-8-9-13-17(20)21)14-10-6-7-11-15(14)19(22)23/h6-7,10-11,16H,8-9,12-13H2,1-5H3,(H,20,21). The van der Waals surface area contributed by atoms with Gasteiger partial charge in [-0.05, 0) is 43.5 Å². The molecule has 0 fully saturated rings. The first-order valence-electron chi connectivity index (χ1n) is 8.58. The van der Waals surface area contributed by atoms with Crippen LogP contribution < -0.4 is 0 Å². The second-order valence-electron chi connectivity index (χ2n) is 7.82. The van der Waals surface area contributed by atoms with Crippen molar-refractivity contribution >= 4 is 20.0 Å². The molecule has 25 heavy (non-hydrogen) atoms. The van der Waals surface area contributed by atoms with Crippen molar-refractivity contribution in [3.8, 4) is 0 Å². The number of nitrogens with zero attached hydrogens (tertiary/aromatic N) is 1. The van der Waals surface area contributed by atoms with Gasteiger partial charge in [0.2, 0.25) is 0 Å². The highest BCUT2D eigenvalue weighted by Gasteiger charge is 2.40. The number of unbranched alkanes of at least 4 members (excludes halogenated alkanes) is 1. The summed E-state index contributed by atoms with van der Waals surface area (Å²) in [7, 11) is -2.13. The van der Waals surface area contributed by atoms with Crippen LogP contribution in [0.25, 0.3) is 0 Å². The highest BCUT2D eigenvalue weighted by molar-refractivity contribution is 6.74. The van der Waals surface area contributed by atoms with E-state index in [9.17, 15) is 14.9 Å². The summed E-state index contributed by atoms with van der Waals surface area (Å²) in [6.07, 6.45) is 1.47. The van der Waals surface area contributed by atoms with Gasteiger partial charge in [0, 0.05) is 12.5 Å². The first-order chi connectivity index (χ1) is 11.5. The number of para-hydroxylation sites is 1. The van der Waals surface area contributed by atoms with E-state index in [2.05, 4.69) is 33.9 Å². The maximum Gasteiger partial charge on any atom is 0.303 e. The normalized spacial score (nSPS) is 13.5. The van der Waals surface area contributed by atoms with Crippen LogP contribution in [0.15, 0.2) is 24.3 Å². The Balaban J connectivity index is 3.07. The van der Waals surface area contributed by atoms with Gasteiger partial charge in [-0.15, -0.1) is 0 Å². The molecule has 0 aliphatic carbocycles. The summed E-state index contributed by atoms with van der Waals surface area (Å²) in [5.74, 6) is -0.826. The third-order valence-electron chi connectivity index (χ3n) is 4.83. The van der Waals surface area contributed by atoms with Crippen molar-refractivity contribution in [2.75, 3.05) is 0 Å². The molecule has 0 bridgehead atoms. The van der Waals surface area contributed by atoms with E-state index in [1.807, 2.05) is 0 Å². The smallest absolute Gasteiger partial charge is 0.303 e. The van der Waals surface area contributed by atoms with Crippen molar-refractivity contribution in [2.45, 2.75) is 70.7 Å². The number of carbonyl (C=O) groups is 1. The minimum atomic E-state index is -2.13. The highest BCUT2D eigenvalue weighted by atomic mass is 28.4. The topological polar surface area (TPSA) is 89.7 Å². The lowest BCUT2D eigenvalue weighted by Crippen LogP contribution is -2.42. The molecule has 140 valence electrons. The number of rotatable bonds is 9. The van der Waals surface area contributed by atoms with Crippen molar-refractivity contribution < 1.29 is 19.3 Å². The van der Waals surface area contributed by atoms with E-state index in [1.165, 1.54) is 6.07 Å². The number of hydrogen-bond acceptors (Lipinski definition) is 4. The Morgan fingerprint density at radius 1 is 1.28 bits per heavy atom. The lowest BCUT2D eigenvalue weighted by atomic mass is 10.0. The Morgan fingerprint density at radius 2 is 1.88 bits per heavy atom. The predicted octanol–water partition coefficient (Wildman–Crippen LogP) is 5.30. The Bertz CT molecular complexity index is 610. The summed E-state index contributed by atoms with van der Waals surface area (Å²) in [6, 6.07) is 6.67. The molecular weight excluding hydrogens is 338 g/mol. The first kappa shape index (κ1) is 21.3. The summed E-state index contributed by atoms with van der Waals surface area (Å²) in [5, 5.41) is 20.2. The number of carboxylic acid groups (broad SMARTS) is 1. The molecule has 1 aromatic carbocycles. The number of nitro groups is 1. The molecular formula is C18H29NO5Si. The van der Waals surface area contributed by atoms with Crippen molar-refractivity contribution in [2.24, 2.45) is 0 Å². The number of aliphatic carboxylic acids is 1. The lowest BCUT2D eigenvalue weighted by Gasteiger charge is -2.39. The molecule has 0 aliphatic rings. The van der Waals surface area contributed by atoms with Gasteiger partial charge < -0.3 is 9.53 Å². The predicted molar refractivity (Wildman–Crippen MR) is 100 cm³/mol. The lowest BCUT2D eigenvalue weighted by molar-refractivity contribution is -0.386. The van der Waals surface area contributed by atoms with Gasteiger partial charge in [-0.25, -0.2) is 0 Å². The molecule has 1 atom stereocenters. The molecule has 1 aromatic rings. The minimum Gasteiger partial charge on any atom is -0.481 e. The number of hydrogen-bond donors (Lipinski definition) is 1. The van der Waals surface area contributed by atoms with Crippen LogP contribution in [-0.4, -0.2) is 24.3 Å². The minimum absolute atomic E-state index is 0.0180. The van der Waals surface area contributed by atoms with Crippen LogP contribution in [0, 0.1) is 10.1 Å². The van der Waals surface area contributed by atoms with E-state index < -0.39 is 20.4 Å². The van der Waals surface area contributed by atoms with Crippen LogP contribution in [0.5, 0.6) is 0 Å². The van der Waals surface area contributed by atoms with Gasteiger partial charge in [-0.3, -0.25) is 14.9 Å². The highest BCUT2D eigenvalue weighted by Crippen LogP contribution is 2.42. The van der Waals surface area contributed by atoms with Crippen molar-refractivity contribution in [1.82, 2.24) is 0 Å². The van der Waals surface area contributed by atoms with Gasteiger partial charge in [-0.2, -0.15) is 0 Å². The SMILES string of the molecule is CC(C)(C)[Si](C)(C)OC(CCCCC(=O)O)c1ccccc1[N+](=O)[O-]. The van der Waals surface area contributed by atoms with E-state index in [1.54, 1.807) is 18.2 Å². The van der Waals surface area contributed by atoms with E-state index in [-0.39, 0.29) is 22.1 Å². The van der Waals surface area contributed by atoms with Gasteiger partial charge in [0.25, 0.3) is 5.69 Å². The number of carboxylic acids is 1. The number of nitro benzene ring substituents is 1. The molecule has 0 spiro atoms. The molecule has 1 rings (SSSR count). The van der Waals surface area contributed by atoms with E-state index in [0.717, 1.165) is 0 Å². The molecule has 0 heterocycles. The monoisotopic (exact) mass is 367 g/mol. The zero-order valence-corrected chi connectivity index (χ0v) is 16.7. The average molecular weight is 368 g/mol. The van der Waals surface area contributed by atoms with Crippen molar-refractivity contribution in [1.29, 1.82) is 0 Å². The molecule has 1 N–H and O–H groups in total. The van der Waals surface area contributed by atoms with Crippen LogP contribution in [0.1, 0.15) is 58.1 Å². The van der Waals surface area contributed by atoms with Crippen LogP contribution in [-0.2, 0) is 9.22 Å². The zero-order chi connectivity index (χ0) is 19.3. The van der Waals surface area contributed by atoms with E-state index in [4.69, 9.17) is 9.53 Å². The molecule has 6 nitrogen and oxygen atoms in total. The Labute approximate surface area is 150 Å². The van der Waals surface area contributed by atoms with Crippen LogP contribution in [0.2, 0.25) is 18.1 Å². The summed E-state index contributed by atoms with van der Waals surface area (Å²) >= 11 is 0. The molecule has 0 saturated heterocycles. The summed E-state index contributed by atoms with van der Waals surface area (Å²) in [5.41, 5.74) is 0.636. The average Bonchev–Trinajstić information content (AvgIpc) is 2.48. The third-order valence-corrected chi connectivity index (χ3v) is 9.32. The van der Waals surface area contributed by atoms with Crippen molar-refractivity contribution in [3.05, 3.63) is 39.9 Å². The fourth-order valence-electron chi connectivity index (χ4n) is 2.34. The van der Waals surface area contributed by atoms with Crippen LogP contribution >= 0.6 is 0 Å².